The monoisotopic (exact) mass is 480 g/mol. The van der Waals surface area contributed by atoms with Crippen molar-refractivity contribution in [2.24, 2.45) is 5.10 Å². The molecule has 6 nitrogen and oxygen atoms in total. The number of carbonyl (C=O) groups excluding carboxylic acids is 2. The van der Waals surface area contributed by atoms with Gasteiger partial charge in [-0.25, -0.2) is 5.43 Å². The van der Waals surface area contributed by atoms with E-state index >= 15 is 0 Å². The fraction of sp³-hybridized carbons (Fsp3) is 0.160. The van der Waals surface area contributed by atoms with E-state index < -0.39 is 11.8 Å². The molecule has 0 saturated heterocycles. The van der Waals surface area contributed by atoms with Crippen molar-refractivity contribution in [3.8, 4) is 0 Å². The molecular weight excluding hydrogens is 456 g/mol. The Morgan fingerprint density at radius 3 is 2.39 bits per heavy atom. The van der Waals surface area contributed by atoms with Crippen molar-refractivity contribution in [1.29, 1.82) is 0 Å². The minimum absolute atomic E-state index is 0.0661. The van der Waals surface area contributed by atoms with Gasteiger partial charge in [0.05, 0.1) is 16.8 Å². The van der Waals surface area contributed by atoms with Crippen LogP contribution in [0.1, 0.15) is 34.6 Å². The maximum Gasteiger partial charge on any atom is 0.287 e. The van der Waals surface area contributed by atoms with Crippen molar-refractivity contribution in [2.75, 3.05) is 18.0 Å². The lowest BCUT2D eigenvalue weighted by atomic mass is 10.2. The van der Waals surface area contributed by atoms with Crippen LogP contribution < -0.4 is 15.6 Å². The molecule has 1 heterocycles. The smallest absolute Gasteiger partial charge is 0.287 e. The van der Waals surface area contributed by atoms with Crippen molar-refractivity contribution in [1.82, 2.24) is 10.7 Å². The van der Waals surface area contributed by atoms with Crippen molar-refractivity contribution >= 4 is 52.7 Å². The molecule has 2 amide bonds. The third kappa shape index (κ3) is 6.78. The second kappa shape index (κ2) is 12.0. The summed E-state index contributed by atoms with van der Waals surface area (Å²) in [4.78, 5) is 28.5. The van der Waals surface area contributed by atoms with Crippen LogP contribution in [0, 0.1) is 0 Å². The Balaban J connectivity index is 1.71. The summed E-state index contributed by atoms with van der Waals surface area (Å²) in [6, 6.07) is 18.3. The van der Waals surface area contributed by atoms with Crippen LogP contribution in [0.5, 0.6) is 0 Å². The van der Waals surface area contributed by atoms with Gasteiger partial charge in [0.15, 0.2) is 0 Å². The van der Waals surface area contributed by atoms with Gasteiger partial charge in [-0.1, -0.05) is 41.9 Å². The summed E-state index contributed by atoms with van der Waals surface area (Å²) in [5.74, 6) is -1.02. The third-order valence-corrected chi connectivity index (χ3v) is 5.99. The van der Waals surface area contributed by atoms with Crippen LogP contribution in [0.15, 0.2) is 76.8 Å². The Morgan fingerprint density at radius 2 is 1.76 bits per heavy atom. The third-order valence-electron chi connectivity index (χ3n) is 4.84. The quantitative estimate of drug-likeness (QED) is 0.252. The lowest BCUT2D eigenvalue weighted by molar-refractivity contribution is -0.117. The number of halogens is 1. The molecule has 33 heavy (non-hydrogen) atoms. The Kier molecular flexibility index (Phi) is 8.80. The molecule has 0 saturated carbocycles. The summed E-state index contributed by atoms with van der Waals surface area (Å²) < 4.78 is 0. The van der Waals surface area contributed by atoms with E-state index in [9.17, 15) is 9.59 Å². The van der Waals surface area contributed by atoms with Crippen LogP contribution in [0.25, 0.3) is 6.08 Å². The van der Waals surface area contributed by atoms with Gasteiger partial charge in [-0.05, 0) is 61.2 Å². The summed E-state index contributed by atoms with van der Waals surface area (Å²) in [6.45, 7) is 6.08. The van der Waals surface area contributed by atoms with E-state index in [4.69, 9.17) is 11.6 Å². The number of carbonyl (C=O) groups is 2. The fourth-order valence-corrected chi connectivity index (χ4v) is 3.97. The largest absolute Gasteiger partial charge is 0.372 e. The molecule has 0 atom stereocenters. The Bertz CT molecular complexity index is 1140. The highest BCUT2D eigenvalue weighted by Gasteiger charge is 2.16. The zero-order chi connectivity index (χ0) is 23.6. The van der Waals surface area contributed by atoms with Crippen molar-refractivity contribution in [2.45, 2.75) is 13.8 Å². The van der Waals surface area contributed by atoms with Crippen molar-refractivity contribution in [3.05, 3.63) is 92.8 Å². The standard InChI is InChI=1S/C25H25ClN4O2S/c1-3-30(4-2)19-13-11-18(12-14-19)17-27-29-25(32)23(16-20-8-7-15-33-20)28-24(31)21-9-5-6-10-22(21)26/h5-17H,3-4H2,1-2H3,(H,28,31)(H,29,32)/b23-16+,27-17+. The topological polar surface area (TPSA) is 73.8 Å². The maximum absolute atomic E-state index is 12.8. The van der Waals surface area contributed by atoms with E-state index in [1.165, 1.54) is 11.3 Å². The number of nitrogens with one attached hydrogen (secondary N) is 2. The SMILES string of the molecule is CCN(CC)c1ccc(/C=N/NC(=O)/C(=C\c2cccs2)NC(=O)c2ccccc2Cl)cc1. The van der Waals surface area contributed by atoms with Gasteiger partial charge in [-0.15, -0.1) is 11.3 Å². The Labute approximate surface area is 202 Å². The van der Waals surface area contributed by atoms with E-state index in [0.717, 1.165) is 29.2 Å². The van der Waals surface area contributed by atoms with E-state index in [1.54, 1.807) is 36.6 Å². The van der Waals surface area contributed by atoms with Crippen LogP contribution in [-0.2, 0) is 4.79 Å². The zero-order valence-corrected chi connectivity index (χ0v) is 20.0. The number of anilines is 1. The number of hydrogen-bond donors (Lipinski definition) is 2. The fourth-order valence-electron chi connectivity index (χ4n) is 3.09. The van der Waals surface area contributed by atoms with Crippen LogP contribution in [-0.4, -0.2) is 31.1 Å². The number of amides is 2. The summed E-state index contributed by atoms with van der Waals surface area (Å²) >= 11 is 7.57. The van der Waals surface area contributed by atoms with E-state index in [0.29, 0.717) is 5.02 Å². The first-order chi connectivity index (χ1) is 16.0. The average Bonchev–Trinajstić information content (AvgIpc) is 3.34. The molecule has 170 valence electrons. The number of thiophene rings is 1. The lowest BCUT2D eigenvalue weighted by Crippen LogP contribution is -2.33. The Morgan fingerprint density at radius 1 is 1.03 bits per heavy atom. The van der Waals surface area contributed by atoms with E-state index in [-0.39, 0.29) is 11.3 Å². The lowest BCUT2D eigenvalue weighted by Gasteiger charge is -2.20. The number of hydrazone groups is 1. The first kappa shape index (κ1) is 24.2. The number of rotatable bonds is 9. The van der Waals surface area contributed by atoms with Gasteiger partial charge in [0.1, 0.15) is 5.70 Å². The highest BCUT2D eigenvalue weighted by Crippen LogP contribution is 2.17. The predicted molar refractivity (Wildman–Crippen MR) is 137 cm³/mol. The number of hydrogen-bond acceptors (Lipinski definition) is 5. The van der Waals surface area contributed by atoms with Crippen LogP contribution in [0.4, 0.5) is 5.69 Å². The van der Waals surface area contributed by atoms with Gasteiger partial charge >= 0.3 is 0 Å². The minimum Gasteiger partial charge on any atom is -0.372 e. The normalized spacial score (nSPS) is 11.4. The molecule has 0 bridgehead atoms. The second-order valence-corrected chi connectivity index (χ2v) is 8.36. The molecule has 2 N–H and O–H groups in total. The molecule has 0 unspecified atom stereocenters. The highest BCUT2D eigenvalue weighted by atomic mass is 35.5. The number of nitrogens with zero attached hydrogens (tertiary/aromatic N) is 2. The molecule has 8 heteroatoms. The van der Waals surface area contributed by atoms with Crippen LogP contribution >= 0.6 is 22.9 Å². The summed E-state index contributed by atoms with van der Waals surface area (Å²) in [5, 5.41) is 8.89. The van der Waals surface area contributed by atoms with Gasteiger partial charge in [-0.2, -0.15) is 5.10 Å². The number of benzene rings is 2. The van der Waals surface area contributed by atoms with E-state index in [1.807, 2.05) is 41.8 Å². The molecule has 0 aliphatic heterocycles. The molecule has 0 fully saturated rings. The minimum atomic E-state index is -0.542. The maximum atomic E-state index is 12.8. The van der Waals surface area contributed by atoms with Gasteiger partial charge < -0.3 is 10.2 Å². The summed E-state index contributed by atoms with van der Waals surface area (Å²) in [7, 11) is 0. The molecule has 1 aromatic heterocycles. The van der Waals surface area contributed by atoms with Gasteiger partial charge in [0, 0.05) is 23.7 Å². The molecule has 3 aromatic rings. The van der Waals surface area contributed by atoms with Gasteiger partial charge in [0.25, 0.3) is 11.8 Å². The molecule has 3 rings (SSSR count). The molecular formula is C25H25ClN4O2S. The molecule has 0 aliphatic rings. The first-order valence-electron chi connectivity index (χ1n) is 10.5. The van der Waals surface area contributed by atoms with Gasteiger partial charge in [0.2, 0.25) is 0 Å². The average molecular weight is 481 g/mol. The second-order valence-electron chi connectivity index (χ2n) is 6.97. The molecule has 0 radical (unpaired) electrons. The zero-order valence-electron chi connectivity index (χ0n) is 18.4. The van der Waals surface area contributed by atoms with Crippen molar-refractivity contribution < 1.29 is 9.59 Å². The molecule has 0 aliphatic carbocycles. The van der Waals surface area contributed by atoms with Crippen molar-refractivity contribution in [3.63, 3.8) is 0 Å². The van der Waals surface area contributed by atoms with Crippen LogP contribution in [0.2, 0.25) is 5.02 Å². The van der Waals surface area contributed by atoms with E-state index in [2.05, 4.69) is 34.6 Å². The molecule has 2 aromatic carbocycles. The predicted octanol–water partition coefficient (Wildman–Crippen LogP) is 5.17. The van der Waals surface area contributed by atoms with Crippen LogP contribution in [0.3, 0.4) is 0 Å². The first-order valence-corrected chi connectivity index (χ1v) is 11.8. The Hall–Kier alpha value is -3.42. The summed E-state index contributed by atoms with van der Waals surface area (Å²) in [6.07, 6.45) is 3.16. The molecule has 0 spiro atoms. The highest BCUT2D eigenvalue weighted by molar-refractivity contribution is 7.10. The summed E-state index contributed by atoms with van der Waals surface area (Å²) in [5.41, 5.74) is 4.80. The van der Waals surface area contributed by atoms with Gasteiger partial charge in [-0.3, -0.25) is 9.59 Å².